The van der Waals surface area contributed by atoms with Crippen LogP contribution in [0.15, 0.2) is 34.9 Å². The van der Waals surface area contributed by atoms with Gasteiger partial charge in [0.15, 0.2) is 5.78 Å². The maximum atomic E-state index is 13.0. The molecule has 2 amide bonds. The van der Waals surface area contributed by atoms with Crippen LogP contribution in [-0.2, 0) is 7.05 Å². The van der Waals surface area contributed by atoms with E-state index in [4.69, 9.17) is 0 Å². The first kappa shape index (κ1) is 16.9. The van der Waals surface area contributed by atoms with Gasteiger partial charge < -0.3 is 4.57 Å². The Balaban J connectivity index is 2.07. The summed E-state index contributed by atoms with van der Waals surface area (Å²) in [7, 11) is 1.61. The molecule has 2 N–H and O–H groups in total. The number of amides is 2. The molecule has 2 aromatic rings. The van der Waals surface area contributed by atoms with Crippen LogP contribution in [-0.4, -0.2) is 22.2 Å². The second-order valence-electron chi connectivity index (χ2n) is 4.81. The summed E-state index contributed by atoms with van der Waals surface area (Å²) in [5.41, 5.74) is 5.26. The fourth-order valence-corrected chi connectivity index (χ4v) is 2.43. The van der Waals surface area contributed by atoms with Gasteiger partial charge in [-0.1, -0.05) is 0 Å². The van der Waals surface area contributed by atoms with Gasteiger partial charge in [-0.15, -0.1) is 0 Å². The number of Topliss-reactive ketones (excluding diaryl/α,β-unsaturated/α-hetero) is 1. The van der Waals surface area contributed by atoms with E-state index in [1.807, 2.05) is 0 Å². The van der Waals surface area contributed by atoms with Gasteiger partial charge in [-0.2, -0.15) is 0 Å². The van der Waals surface area contributed by atoms with Gasteiger partial charge in [-0.3, -0.25) is 25.2 Å². The number of hydrogen-bond donors (Lipinski definition) is 2. The van der Waals surface area contributed by atoms with Crippen molar-refractivity contribution in [3.8, 4) is 0 Å². The second kappa shape index (κ2) is 6.74. The number of benzene rings is 1. The summed E-state index contributed by atoms with van der Waals surface area (Å²) in [6.07, 6.45) is 1.52. The summed E-state index contributed by atoms with van der Waals surface area (Å²) in [5.74, 6) is -1.84. The quantitative estimate of drug-likeness (QED) is 0.631. The first-order valence-corrected chi connectivity index (χ1v) is 7.32. The number of nitrogens with one attached hydrogen (secondary N) is 2. The molecule has 1 heterocycles. The number of nitrogens with zero attached hydrogens (tertiary/aromatic N) is 1. The molecule has 0 aliphatic rings. The SMILES string of the molecule is CC(=O)c1cc(C(=O)NNC(=O)c2ccc(F)cc2Br)n(C)c1. The van der Waals surface area contributed by atoms with E-state index in [1.165, 1.54) is 29.8 Å². The number of aromatic nitrogens is 1. The van der Waals surface area contributed by atoms with Crippen molar-refractivity contribution in [2.75, 3.05) is 0 Å². The number of ketones is 1. The van der Waals surface area contributed by atoms with Crippen LogP contribution < -0.4 is 10.9 Å². The number of hydrazine groups is 1. The van der Waals surface area contributed by atoms with Crippen molar-refractivity contribution in [3.05, 3.63) is 57.6 Å². The molecule has 0 aliphatic carbocycles. The van der Waals surface area contributed by atoms with Gasteiger partial charge in [-0.05, 0) is 47.1 Å². The molecule has 0 unspecified atom stereocenters. The molecule has 1 aromatic heterocycles. The van der Waals surface area contributed by atoms with E-state index >= 15 is 0 Å². The molecule has 0 spiro atoms. The van der Waals surface area contributed by atoms with Gasteiger partial charge in [0.05, 0.1) is 5.56 Å². The molecular weight excluding hydrogens is 369 g/mol. The molecule has 0 saturated carbocycles. The molecule has 0 aliphatic heterocycles. The molecule has 2 rings (SSSR count). The molecule has 0 radical (unpaired) electrons. The fourth-order valence-electron chi connectivity index (χ4n) is 1.90. The maximum absolute atomic E-state index is 13.0. The van der Waals surface area contributed by atoms with Crippen LogP contribution in [0.25, 0.3) is 0 Å². The predicted octanol–water partition coefficient (Wildman–Crippen LogP) is 2.20. The molecule has 1 aromatic carbocycles. The zero-order valence-corrected chi connectivity index (χ0v) is 13.9. The van der Waals surface area contributed by atoms with Crippen LogP contribution in [0.4, 0.5) is 4.39 Å². The molecule has 8 heteroatoms. The topological polar surface area (TPSA) is 80.2 Å². The minimum absolute atomic E-state index is 0.168. The third kappa shape index (κ3) is 3.84. The van der Waals surface area contributed by atoms with Gasteiger partial charge in [-0.25, -0.2) is 4.39 Å². The Labute approximate surface area is 139 Å². The Bertz CT molecular complexity index is 801. The lowest BCUT2D eigenvalue weighted by molar-refractivity contribution is 0.0841. The van der Waals surface area contributed by atoms with Crippen LogP contribution in [0.3, 0.4) is 0 Å². The summed E-state index contributed by atoms with van der Waals surface area (Å²) in [6.45, 7) is 1.39. The van der Waals surface area contributed by atoms with Crippen LogP contribution in [0.5, 0.6) is 0 Å². The van der Waals surface area contributed by atoms with Crippen molar-refractivity contribution in [3.63, 3.8) is 0 Å². The van der Waals surface area contributed by atoms with E-state index in [0.717, 1.165) is 12.1 Å². The third-order valence-electron chi connectivity index (χ3n) is 3.11. The molecular formula is C15H13BrFN3O3. The summed E-state index contributed by atoms with van der Waals surface area (Å²) in [5, 5.41) is 0. The van der Waals surface area contributed by atoms with Crippen LogP contribution in [0.1, 0.15) is 38.1 Å². The molecule has 0 bridgehead atoms. The van der Waals surface area contributed by atoms with Crippen molar-refractivity contribution in [2.45, 2.75) is 6.92 Å². The summed E-state index contributed by atoms with van der Waals surface area (Å²) < 4.78 is 14.7. The van der Waals surface area contributed by atoms with Crippen molar-refractivity contribution >= 4 is 33.5 Å². The van der Waals surface area contributed by atoms with Crippen molar-refractivity contribution < 1.29 is 18.8 Å². The monoisotopic (exact) mass is 381 g/mol. The highest BCUT2D eigenvalue weighted by Gasteiger charge is 2.16. The second-order valence-corrected chi connectivity index (χ2v) is 5.67. The summed E-state index contributed by atoms with van der Waals surface area (Å²) in [6, 6.07) is 5.00. The lowest BCUT2D eigenvalue weighted by atomic mass is 10.2. The average molecular weight is 382 g/mol. The highest BCUT2D eigenvalue weighted by atomic mass is 79.9. The van der Waals surface area contributed by atoms with Gasteiger partial charge >= 0.3 is 0 Å². The number of aryl methyl sites for hydroxylation is 1. The van der Waals surface area contributed by atoms with Gasteiger partial charge in [0.2, 0.25) is 0 Å². The zero-order chi connectivity index (χ0) is 17.1. The number of carbonyl (C=O) groups excluding carboxylic acids is 3. The van der Waals surface area contributed by atoms with Gasteiger partial charge in [0, 0.05) is 23.3 Å². The largest absolute Gasteiger partial charge is 0.346 e. The molecule has 6 nitrogen and oxygen atoms in total. The maximum Gasteiger partial charge on any atom is 0.286 e. The fraction of sp³-hybridized carbons (Fsp3) is 0.133. The normalized spacial score (nSPS) is 10.3. The van der Waals surface area contributed by atoms with E-state index < -0.39 is 17.6 Å². The minimum Gasteiger partial charge on any atom is -0.346 e. The van der Waals surface area contributed by atoms with E-state index in [9.17, 15) is 18.8 Å². The highest BCUT2D eigenvalue weighted by Crippen LogP contribution is 2.17. The van der Waals surface area contributed by atoms with Crippen LogP contribution >= 0.6 is 15.9 Å². The average Bonchev–Trinajstić information content (AvgIpc) is 2.86. The highest BCUT2D eigenvalue weighted by molar-refractivity contribution is 9.10. The van der Waals surface area contributed by atoms with E-state index in [2.05, 4.69) is 26.8 Å². The van der Waals surface area contributed by atoms with Gasteiger partial charge in [0.1, 0.15) is 11.5 Å². The van der Waals surface area contributed by atoms with Crippen molar-refractivity contribution in [2.24, 2.45) is 7.05 Å². The van der Waals surface area contributed by atoms with Crippen LogP contribution in [0.2, 0.25) is 0 Å². The standard InChI is InChI=1S/C15H13BrFN3O3/c1-8(21)9-5-13(20(2)7-9)15(23)19-18-14(22)11-4-3-10(17)6-12(11)16/h3-7H,1-2H3,(H,18,22)(H,19,23). The number of rotatable bonds is 3. The van der Waals surface area contributed by atoms with E-state index in [1.54, 1.807) is 7.05 Å². The number of halogens is 2. The Morgan fingerprint density at radius 1 is 1.13 bits per heavy atom. The summed E-state index contributed by atoms with van der Waals surface area (Å²) in [4.78, 5) is 35.3. The Kier molecular flexibility index (Phi) is 4.95. The van der Waals surface area contributed by atoms with Gasteiger partial charge in [0.25, 0.3) is 11.8 Å². The molecule has 23 heavy (non-hydrogen) atoms. The lowest BCUT2D eigenvalue weighted by Gasteiger charge is -2.09. The molecule has 0 fully saturated rings. The van der Waals surface area contributed by atoms with Crippen molar-refractivity contribution in [1.29, 1.82) is 0 Å². The predicted molar refractivity (Wildman–Crippen MR) is 84.4 cm³/mol. The first-order valence-electron chi connectivity index (χ1n) is 6.52. The smallest absolute Gasteiger partial charge is 0.286 e. The summed E-state index contributed by atoms with van der Waals surface area (Å²) >= 11 is 3.08. The zero-order valence-electron chi connectivity index (χ0n) is 12.3. The van der Waals surface area contributed by atoms with Crippen molar-refractivity contribution in [1.82, 2.24) is 15.4 Å². The first-order chi connectivity index (χ1) is 10.8. The molecule has 120 valence electrons. The molecule has 0 saturated heterocycles. The Hall–Kier alpha value is -2.48. The Morgan fingerprint density at radius 3 is 2.35 bits per heavy atom. The van der Waals surface area contributed by atoms with E-state index in [-0.39, 0.29) is 21.5 Å². The minimum atomic E-state index is -0.605. The number of carbonyl (C=O) groups is 3. The number of hydrogen-bond acceptors (Lipinski definition) is 3. The van der Waals surface area contributed by atoms with Crippen LogP contribution in [0, 0.1) is 5.82 Å². The lowest BCUT2D eigenvalue weighted by Crippen LogP contribution is -2.42. The van der Waals surface area contributed by atoms with E-state index in [0.29, 0.717) is 5.56 Å². The third-order valence-corrected chi connectivity index (χ3v) is 3.77. The Morgan fingerprint density at radius 2 is 1.78 bits per heavy atom. The molecule has 0 atom stereocenters.